The highest BCUT2D eigenvalue weighted by Gasteiger charge is 2.39. The van der Waals surface area contributed by atoms with Crippen molar-refractivity contribution in [2.24, 2.45) is 0 Å². The minimum Gasteiger partial charge on any atom is -0.295 e. The van der Waals surface area contributed by atoms with Gasteiger partial charge in [-0.2, -0.15) is 17.0 Å². The van der Waals surface area contributed by atoms with E-state index >= 15 is 0 Å². The van der Waals surface area contributed by atoms with Gasteiger partial charge in [0.15, 0.2) is 0 Å². The first-order valence-electron chi connectivity index (χ1n) is 9.64. The van der Waals surface area contributed by atoms with Gasteiger partial charge >= 0.3 is 0 Å². The van der Waals surface area contributed by atoms with Gasteiger partial charge in [0.25, 0.3) is 10.2 Å². The van der Waals surface area contributed by atoms with Crippen molar-refractivity contribution >= 4 is 16.1 Å². The molecule has 9 heteroatoms. The van der Waals surface area contributed by atoms with Crippen LogP contribution in [0.2, 0.25) is 0 Å². The van der Waals surface area contributed by atoms with Crippen molar-refractivity contribution in [3.05, 3.63) is 35.9 Å². The summed E-state index contributed by atoms with van der Waals surface area (Å²) in [5.41, 5.74) is 7.00. The SMILES string of the molecule is O=C1CC(N2CCN(S(=O)(=O)N3CCCC3)CC2)C(c2ccccc2)NN1. The topological polar surface area (TPSA) is 85.0 Å². The van der Waals surface area contributed by atoms with E-state index in [-0.39, 0.29) is 18.0 Å². The van der Waals surface area contributed by atoms with Crippen LogP contribution in [0.3, 0.4) is 0 Å². The van der Waals surface area contributed by atoms with Crippen LogP contribution < -0.4 is 10.9 Å². The molecule has 3 heterocycles. The first-order valence-corrected chi connectivity index (χ1v) is 11.0. The van der Waals surface area contributed by atoms with Crippen molar-refractivity contribution in [3.63, 3.8) is 0 Å². The number of amides is 1. The number of hydrazine groups is 1. The molecule has 4 rings (SSSR count). The Labute approximate surface area is 160 Å². The number of carbonyl (C=O) groups is 1. The molecule has 0 aliphatic carbocycles. The predicted octanol–water partition coefficient (Wildman–Crippen LogP) is 0.0790. The van der Waals surface area contributed by atoms with Crippen molar-refractivity contribution in [2.75, 3.05) is 39.3 Å². The second kappa shape index (κ2) is 7.84. The second-order valence-corrected chi connectivity index (χ2v) is 9.33. The normalized spacial score (nSPS) is 29.0. The van der Waals surface area contributed by atoms with E-state index in [1.54, 1.807) is 8.61 Å². The zero-order valence-electron chi connectivity index (χ0n) is 15.4. The minimum absolute atomic E-state index is 0.00867. The quantitative estimate of drug-likeness (QED) is 0.757. The van der Waals surface area contributed by atoms with Crippen LogP contribution in [-0.2, 0) is 15.0 Å². The van der Waals surface area contributed by atoms with Gasteiger partial charge in [-0.25, -0.2) is 5.43 Å². The molecule has 1 aromatic rings. The summed E-state index contributed by atoms with van der Waals surface area (Å²) in [6.07, 6.45) is 2.30. The third-order valence-electron chi connectivity index (χ3n) is 5.76. The number of benzene rings is 1. The van der Waals surface area contributed by atoms with Crippen LogP contribution in [0.25, 0.3) is 0 Å². The molecule has 0 bridgehead atoms. The summed E-state index contributed by atoms with van der Waals surface area (Å²) < 4.78 is 28.7. The molecule has 2 atom stereocenters. The zero-order valence-corrected chi connectivity index (χ0v) is 16.2. The highest BCUT2D eigenvalue weighted by Crippen LogP contribution is 2.27. The van der Waals surface area contributed by atoms with Crippen LogP contribution in [0.4, 0.5) is 0 Å². The van der Waals surface area contributed by atoms with E-state index in [9.17, 15) is 13.2 Å². The highest BCUT2D eigenvalue weighted by atomic mass is 32.2. The zero-order chi connectivity index (χ0) is 18.9. The molecule has 3 aliphatic rings. The molecule has 148 valence electrons. The number of piperazine rings is 1. The van der Waals surface area contributed by atoms with Gasteiger partial charge in [0, 0.05) is 51.7 Å². The third kappa shape index (κ3) is 3.88. The summed E-state index contributed by atoms with van der Waals surface area (Å²) in [5.74, 6) is -0.0284. The fraction of sp³-hybridized carbons (Fsp3) is 0.611. The van der Waals surface area contributed by atoms with Crippen molar-refractivity contribution < 1.29 is 13.2 Å². The molecule has 0 radical (unpaired) electrons. The van der Waals surface area contributed by atoms with Crippen LogP contribution in [0.15, 0.2) is 30.3 Å². The third-order valence-corrected chi connectivity index (χ3v) is 7.80. The number of nitrogens with one attached hydrogen (secondary N) is 2. The Morgan fingerprint density at radius 3 is 2.19 bits per heavy atom. The van der Waals surface area contributed by atoms with Gasteiger partial charge in [0.05, 0.1) is 6.04 Å². The van der Waals surface area contributed by atoms with Gasteiger partial charge in [-0.1, -0.05) is 30.3 Å². The number of carbonyl (C=O) groups excluding carboxylic acids is 1. The summed E-state index contributed by atoms with van der Waals surface area (Å²) in [7, 11) is -3.35. The first-order chi connectivity index (χ1) is 13.1. The Bertz CT molecular complexity index is 758. The highest BCUT2D eigenvalue weighted by molar-refractivity contribution is 7.86. The van der Waals surface area contributed by atoms with Crippen molar-refractivity contribution in [1.82, 2.24) is 24.4 Å². The Balaban J connectivity index is 1.45. The molecule has 1 aromatic carbocycles. The van der Waals surface area contributed by atoms with E-state index in [0.717, 1.165) is 18.4 Å². The molecule has 8 nitrogen and oxygen atoms in total. The molecule has 3 saturated heterocycles. The summed E-state index contributed by atoms with van der Waals surface area (Å²) in [5, 5.41) is 0. The van der Waals surface area contributed by atoms with E-state index < -0.39 is 10.2 Å². The molecule has 2 N–H and O–H groups in total. The summed E-state index contributed by atoms with van der Waals surface area (Å²) in [4.78, 5) is 14.2. The lowest BCUT2D eigenvalue weighted by atomic mass is 9.94. The van der Waals surface area contributed by atoms with Gasteiger partial charge in [-0.15, -0.1) is 0 Å². The monoisotopic (exact) mass is 393 g/mol. The van der Waals surface area contributed by atoms with Crippen LogP contribution >= 0.6 is 0 Å². The molecule has 3 fully saturated rings. The lowest BCUT2D eigenvalue weighted by Gasteiger charge is -2.44. The number of nitrogens with zero attached hydrogens (tertiary/aromatic N) is 3. The van der Waals surface area contributed by atoms with Crippen LogP contribution in [0, 0.1) is 0 Å². The van der Waals surface area contributed by atoms with Crippen molar-refractivity contribution in [2.45, 2.75) is 31.3 Å². The van der Waals surface area contributed by atoms with E-state index in [2.05, 4.69) is 27.9 Å². The standard InChI is InChI=1S/C18H27N5O3S/c24-17-14-16(18(20-19-17)15-6-2-1-3-7-15)21-10-12-23(13-11-21)27(25,26)22-8-4-5-9-22/h1-3,6-7,16,18,20H,4-5,8-14H2,(H,19,24). The van der Waals surface area contributed by atoms with Crippen LogP contribution in [-0.4, -0.2) is 73.1 Å². The molecule has 0 spiro atoms. The van der Waals surface area contributed by atoms with Gasteiger partial charge in [0.1, 0.15) is 0 Å². The van der Waals surface area contributed by atoms with Crippen molar-refractivity contribution in [3.8, 4) is 0 Å². The maximum Gasteiger partial charge on any atom is 0.282 e. The fourth-order valence-electron chi connectivity index (χ4n) is 4.27. The van der Waals surface area contributed by atoms with Crippen LogP contribution in [0.5, 0.6) is 0 Å². The Kier molecular flexibility index (Phi) is 5.47. The number of hydrogen-bond donors (Lipinski definition) is 2. The summed E-state index contributed by atoms with van der Waals surface area (Å²) in [6.45, 7) is 3.47. The Hall–Kier alpha value is -1.52. The second-order valence-electron chi connectivity index (χ2n) is 7.40. The maximum absolute atomic E-state index is 12.8. The van der Waals surface area contributed by atoms with E-state index in [1.165, 1.54) is 0 Å². The van der Waals surface area contributed by atoms with E-state index in [0.29, 0.717) is 45.7 Å². The number of hydrogen-bond acceptors (Lipinski definition) is 5. The smallest absolute Gasteiger partial charge is 0.282 e. The maximum atomic E-state index is 12.8. The minimum atomic E-state index is -3.35. The molecule has 0 aromatic heterocycles. The lowest BCUT2D eigenvalue weighted by Crippen LogP contribution is -2.61. The van der Waals surface area contributed by atoms with Gasteiger partial charge in [-0.05, 0) is 18.4 Å². The summed E-state index contributed by atoms with van der Waals surface area (Å²) >= 11 is 0. The van der Waals surface area contributed by atoms with E-state index in [4.69, 9.17) is 0 Å². The largest absolute Gasteiger partial charge is 0.295 e. The fourth-order valence-corrected chi connectivity index (χ4v) is 5.94. The molecule has 3 aliphatic heterocycles. The average molecular weight is 394 g/mol. The number of rotatable bonds is 4. The predicted molar refractivity (Wildman–Crippen MR) is 102 cm³/mol. The average Bonchev–Trinajstić information content (AvgIpc) is 3.24. The van der Waals surface area contributed by atoms with Gasteiger partial charge in [0.2, 0.25) is 5.91 Å². The molecule has 1 amide bonds. The van der Waals surface area contributed by atoms with Gasteiger partial charge in [-0.3, -0.25) is 15.1 Å². The molecule has 27 heavy (non-hydrogen) atoms. The van der Waals surface area contributed by atoms with Gasteiger partial charge < -0.3 is 0 Å². The Morgan fingerprint density at radius 2 is 1.52 bits per heavy atom. The molecule has 2 unspecified atom stereocenters. The molecule has 0 saturated carbocycles. The lowest BCUT2D eigenvalue weighted by molar-refractivity contribution is -0.127. The molecular formula is C18H27N5O3S. The van der Waals surface area contributed by atoms with Crippen molar-refractivity contribution in [1.29, 1.82) is 0 Å². The molecular weight excluding hydrogens is 366 g/mol. The Morgan fingerprint density at radius 1 is 0.889 bits per heavy atom. The van der Waals surface area contributed by atoms with E-state index in [1.807, 2.05) is 18.2 Å². The van der Waals surface area contributed by atoms with Crippen LogP contribution in [0.1, 0.15) is 30.9 Å². The summed E-state index contributed by atoms with van der Waals surface area (Å²) in [6, 6.07) is 10.1. The first kappa shape index (κ1) is 18.8.